The monoisotopic (exact) mass is 229 g/mol. The number of aliphatic carboxylic acids is 1. The van der Waals surface area contributed by atoms with Crippen LogP contribution in [0.4, 0.5) is 0 Å². The van der Waals surface area contributed by atoms with E-state index < -0.39 is 5.97 Å². The Morgan fingerprint density at radius 1 is 1.53 bits per heavy atom. The first-order valence-corrected chi connectivity index (χ1v) is 4.82. The molecule has 1 atom stereocenters. The van der Waals surface area contributed by atoms with E-state index in [0.717, 1.165) is 0 Å². The standard InChI is InChI=1S/C10H12ClNO3/c11-9-4-7(13)1-2-8(9)6(5-12)3-10(14)15/h1-2,4,6,13H,3,5,12H2,(H,14,15). The maximum absolute atomic E-state index is 10.6. The van der Waals surface area contributed by atoms with Gasteiger partial charge in [-0.2, -0.15) is 0 Å². The highest BCUT2D eigenvalue weighted by atomic mass is 35.5. The summed E-state index contributed by atoms with van der Waals surface area (Å²) in [6.45, 7) is 0.205. The van der Waals surface area contributed by atoms with E-state index in [1.165, 1.54) is 12.1 Å². The quantitative estimate of drug-likeness (QED) is 0.732. The molecule has 1 aromatic carbocycles. The first-order valence-electron chi connectivity index (χ1n) is 4.45. The normalized spacial score (nSPS) is 12.4. The van der Waals surface area contributed by atoms with Crippen LogP contribution in [0.5, 0.6) is 5.75 Å². The van der Waals surface area contributed by atoms with Crippen molar-refractivity contribution in [3.63, 3.8) is 0 Å². The van der Waals surface area contributed by atoms with Gasteiger partial charge in [0, 0.05) is 10.9 Å². The van der Waals surface area contributed by atoms with Gasteiger partial charge in [0.2, 0.25) is 0 Å². The van der Waals surface area contributed by atoms with Crippen LogP contribution in [0, 0.1) is 0 Å². The smallest absolute Gasteiger partial charge is 0.304 e. The highest BCUT2D eigenvalue weighted by Gasteiger charge is 2.16. The molecular formula is C10H12ClNO3. The number of carboxylic acid groups (broad SMARTS) is 1. The lowest BCUT2D eigenvalue weighted by atomic mass is 9.96. The third kappa shape index (κ3) is 3.11. The van der Waals surface area contributed by atoms with E-state index in [9.17, 15) is 4.79 Å². The summed E-state index contributed by atoms with van der Waals surface area (Å²) in [6.07, 6.45) is -0.0685. The molecular weight excluding hydrogens is 218 g/mol. The number of carbonyl (C=O) groups is 1. The number of carboxylic acids is 1. The molecule has 1 unspecified atom stereocenters. The summed E-state index contributed by atoms with van der Waals surface area (Å²) in [7, 11) is 0. The molecule has 0 saturated heterocycles. The minimum atomic E-state index is -0.922. The lowest BCUT2D eigenvalue weighted by molar-refractivity contribution is -0.137. The number of halogens is 1. The Kier molecular flexibility index (Phi) is 3.94. The van der Waals surface area contributed by atoms with Crippen LogP contribution in [-0.4, -0.2) is 22.7 Å². The van der Waals surface area contributed by atoms with Crippen molar-refractivity contribution in [2.75, 3.05) is 6.54 Å². The minimum Gasteiger partial charge on any atom is -0.508 e. The molecule has 1 aromatic rings. The van der Waals surface area contributed by atoms with Gasteiger partial charge in [0.1, 0.15) is 5.75 Å². The first-order chi connectivity index (χ1) is 7.04. The summed E-state index contributed by atoms with van der Waals surface area (Å²) in [5.41, 5.74) is 6.13. The predicted molar refractivity (Wildman–Crippen MR) is 57.2 cm³/mol. The van der Waals surface area contributed by atoms with Crippen LogP contribution in [-0.2, 0) is 4.79 Å². The van der Waals surface area contributed by atoms with Gasteiger partial charge in [0.25, 0.3) is 0 Å². The van der Waals surface area contributed by atoms with Crippen LogP contribution < -0.4 is 5.73 Å². The van der Waals surface area contributed by atoms with E-state index in [2.05, 4.69) is 0 Å². The molecule has 0 bridgehead atoms. The number of phenols is 1. The number of nitrogens with two attached hydrogens (primary N) is 1. The van der Waals surface area contributed by atoms with Gasteiger partial charge in [-0.1, -0.05) is 17.7 Å². The Hall–Kier alpha value is -1.26. The lowest BCUT2D eigenvalue weighted by Gasteiger charge is -2.14. The average Bonchev–Trinajstić information content (AvgIpc) is 2.14. The Morgan fingerprint density at radius 2 is 2.20 bits per heavy atom. The predicted octanol–water partition coefficient (Wildman–Crippen LogP) is 1.56. The molecule has 0 amide bonds. The summed E-state index contributed by atoms with van der Waals surface area (Å²) in [5, 5.41) is 18.2. The first kappa shape index (κ1) is 11.8. The number of benzene rings is 1. The van der Waals surface area contributed by atoms with Crippen molar-refractivity contribution in [1.29, 1.82) is 0 Å². The van der Waals surface area contributed by atoms with Gasteiger partial charge in [0.15, 0.2) is 0 Å². The molecule has 4 N–H and O–H groups in total. The van der Waals surface area contributed by atoms with E-state index >= 15 is 0 Å². The van der Waals surface area contributed by atoms with Gasteiger partial charge < -0.3 is 15.9 Å². The SMILES string of the molecule is NCC(CC(=O)O)c1ccc(O)cc1Cl. The largest absolute Gasteiger partial charge is 0.508 e. The van der Waals surface area contributed by atoms with Crippen LogP contribution in [0.2, 0.25) is 5.02 Å². The Labute approximate surface area is 92.3 Å². The van der Waals surface area contributed by atoms with Gasteiger partial charge in [-0.15, -0.1) is 0 Å². The average molecular weight is 230 g/mol. The summed E-state index contributed by atoms with van der Waals surface area (Å²) in [5.74, 6) is -1.19. The van der Waals surface area contributed by atoms with Crippen LogP contribution in [0.25, 0.3) is 0 Å². The summed E-state index contributed by atoms with van der Waals surface area (Å²) < 4.78 is 0. The molecule has 0 radical (unpaired) electrons. The molecule has 15 heavy (non-hydrogen) atoms. The van der Waals surface area contributed by atoms with Crippen molar-refractivity contribution in [3.05, 3.63) is 28.8 Å². The van der Waals surface area contributed by atoms with E-state index in [-0.39, 0.29) is 24.6 Å². The number of aromatic hydroxyl groups is 1. The molecule has 0 fully saturated rings. The van der Waals surface area contributed by atoms with Crippen LogP contribution in [0.1, 0.15) is 17.9 Å². The van der Waals surface area contributed by atoms with Crippen LogP contribution in [0.15, 0.2) is 18.2 Å². The van der Waals surface area contributed by atoms with Gasteiger partial charge in [-0.3, -0.25) is 4.79 Å². The van der Waals surface area contributed by atoms with Gasteiger partial charge in [0.05, 0.1) is 6.42 Å². The van der Waals surface area contributed by atoms with Gasteiger partial charge in [-0.25, -0.2) is 0 Å². The number of hydrogen-bond donors (Lipinski definition) is 3. The number of rotatable bonds is 4. The van der Waals surface area contributed by atoms with Crippen molar-refractivity contribution in [2.45, 2.75) is 12.3 Å². The van der Waals surface area contributed by atoms with E-state index in [1.807, 2.05) is 0 Å². The molecule has 0 aliphatic heterocycles. The topological polar surface area (TPSA) is 83.6 Å². The molecule has 0 spiro atoms. The molecule has 1 rings (SSSR count). The van der Waals surface area contributed by atoms with Gasteiger partial charge >= 0.3 is 5.97 Å². The molecule has 0 saturated carbocycles. The van der Waals surface area contributed by atoms with Crippen molar-refractivity contribution in [2.24, 2.45) is 5.73 Å². The molecule has 5 heteroatoms. The summed E-state index contributed by atoms with van der Waals surface area (Å²) >= 11 is 5.88. The molecule has 0 aliphatic rings. The lowest BCUT2D eigenvalue weighted by Crippen LogP contribution is -2.16. The third-order valence-electron chi connectivity index (χ3n) is 2.13. The zero-order valence-corrected chi connectivity index (χ0v) is 8.74. The highest BCUT2D eigenvalue weighted by molar-refractivity contribution is 6.31. The highest BCUT2D eigenvalue weighted by Crippen LogP contribution is 2.29. The van der Waals surface area contributed by atoms with Crippen molar-refractivity contribution in [1.82, 2.24) is 0 Å². The van der Waals surface area contributed by atoms with Crippen molar-refractivity contribution in [3.8, 4) is 5.75 Å². The fourth-order valence-electron chi connectivity index (χ4n) is 1.38. The Morgan fingerprint density at radius 3 is 2.67 bits per heavy atom. The second kappa shape index (κ2) is 5.00. The zero-order chi connectivity index (χ0) is 11.4. The van der Waals surface area contributed by atoms with Crippen LogP contribution in [0.3, 0.4) is 0 Å². The fraction of sp³-hybridized carbons (Fsp3) is 0.300. The fourth-order valence-corrected chi connectivity index (χ4v) is 1.71. The maximum Gasteiger partial charge on any atom is 0.304 e. The van der Waals surface area contributed by atoms with E-state index in [0.29, 0.717) is 10.6 Å². The van der Waals surface area contributed by atoms with Crippen LogP contribution >= 0.6 is 11.6 Å². The van der Waals surface area contributed by atoms with Crippen molar-refractivity contribution >= 4 is 17.6 Å². The molecule has 0 aromatic heterocycles. The third-order valence-corrected chi connectivity index (χ3v) is 2.46. The second-order valence-electron chi connectivity index (χ2n) is 3.24. The van der Waals surface area contributed by atoms with Crippen molar-refractivity contribution < 1.29 is 15.0 Å². The molecule has 82 valence electrons. The molecule has 4 nitrogen and oxygen atoms in total. The second-order valence-corrected chi connectivity index (χ2v) is 3.64. The maximum atomic E-state index is 10.6. The molecule has 0 heterocycles. The number of phenolic OH excluding ortho intramolecular Hbond substituents is 1. The Balaban J connectivity index is 2.96. The summed E-state index contributed by atoms with van der Waals surface area (Å²) in [4.78, 5) is 10.6. The van der Waals surface area contributed by atoms with E-state index in [4.69, 9.17) is 27.5 Å². The minimum absolute atomic E-state index is 0.0508. The molecule has 0 aliphatic carbocycles. The zero-order valence-electron chi connectivity index (χ0n) is 7.98. The van der Waals surface area contributed by atoms with E-state index in [1.54, 1.807) is 6.07 Å². The Bertz CT molecular complexity index is 368. The number of hydrogen-bond acceptors (Lipinski definition) is 3. The van der Waals surface area contributed by atoms with Gasteiger partial charge in [-0.05, 0) is 24.2 Å². The summed E-state index contributed by atoms with van der Waals surface area (Å²) in [6, 6.07) is 4.44.